The summed E-state index contributed by atoms with van der Waals surface area (Å²) in [6, 6.07) is 14.9. The van der Waals surface area contributed by atoms with Gasteiger partial charge in [0.05, 0.1) is 5.56 Å². The molecule has 5 nitrogen and oxygen atoms in total. The maximum atomic E-state index is 9.65. The third-order valence-electron chi connectivity index (χ3n) is 6.14. The predicted molar refractivity (Wildman–Crippen MR) is 134 cm³/mol. The third kappa shape index (κ3) is 5.24. The summed E-state index contributed by atoms with van der Waals surface area (Å²) in [4.78, 5) is 0. The molecule has 3 aromatic carbocycles. The Hall–Kier alpha value is -3.34. The second-order valence-electron chi connectivity index (χ2n) is 9.47. The Labute approximate surface area is 201 Å². The summed E-state index contributed by atoms with van der Waals surface area (Å²) in [5.41, 5.74) is 5.21. The molecule has 5 heteroatoms. The molecular weight excluding hydrogens is 428 g/mol. The Balaban J connectivity index is 1.62. The molecule has 0 spiro atoms. The van der Waals surface area contributed by atoms with Crippen molar-refractivity contribution in [2.75, 3.05) is 13.2 Å². The molecule has 34 heavy (non-hydrogen) atoms. The first kappa shape index (κ1) is 23.8. The van der Waals surface area contributed by atoms with Crippen LogP contribution < -0.4 is 14.2 Å². The number of aryl methyl sites for hydroxylation is 2. The van der Waals surface area contributed by atoms with Crippen LogP contribution in [0.1, 0.15) is 56.7 Å². The van der Waals surface area contributed by atoms with E-state index < -0.39 is 5.60 Å². The van der Waals surface area contributed by atoms with Crippen molar-refractivity contribution in [2.45, 2.75) is 59.0 Å². The molecule has 1 heterocycles. The van der Waals surface area contributed by atoms with E-state index in [1.807, 2.05) is 0 Å². The van der Waals surface area contributed by atoms with E-state index in [1.165, 1.54) is 42.2 Å². The second-order valence-corrected chi connectivity index (χ2v) is 9.47. The van der Waals surface area contributed by atoms with Crippen LogP contribution in [0.15, 0.2) is 48.5 Å². The quantitative estimate of drug-likeness (QED) is 0.339. The van der Waals surface area contributed by atoms with Gasteiger partial charge in [0.2, 0.25) is 0 Å². The van der Waals surface area contributed by atoms with Crippen molar-refractivity contribution in [2.24, 2.45) is 0 Å². The number of hydrogen-bond donors (Lipinski definition) is 2. The summed E-state index contributed by atoms with van der Waals surface area (Å²) in [6.45, 7) is 9.09. The summed E-state index contributed by atoms with van der Waals surface area (Å²) in [7, 11) is 0. The van der Waals surface area contributed by atoms with Crippen LogP contribution in [0.2, 0.25) is 0 Å². The highest BCUT2D eigenvalue weighted by molar-refractivity contribution is 5.82. The number of rotatable bonds is 9. The van der Waals surface area contributed by atoms with Gasteiger partial charge >= 0.3 is 0 Å². The molecule has 0 unspecified atom stereocenters. The lowest BCUT2D eigenvalue weighted by Crippen LogP contribution is -2.29. The highest BCUT2D eigenvalue weighted by Crippen LogP contribution is 2.50. The van der Waals surface area contributed by atoms with Gasteiger partial charge < -0.3 is 24.4 Å². The third-order valence-corrected chi connectivity index (χ3v) is 6.14. The normalized spacial score (nSPS) is 13.5. The number of benzene rings is 3. The molecule has 0 saturated heterocycles. The van der Waals surface area contributed by atoms with Gasteiger partial charge in [-0.3, -0.25) is 0 Å². The minimum absolute atomic E-state index is 0.0449. The first-order valence-electron chi connectivity index (χ1n) is 12.0. The first-order chi connectivity index (χ1) is 16.3. The fourth-order valence-corrected chi connectivity index (χ4v) is 4.51. The average molecular weight is 463 g/mol. The van der Waals surface area contributed by atoms with Gasteiger partial charge in [0.1, 0.15) is 47.6 Å². The van der Waals surface area contributed by atoms with E-state index in [2.05, 4.69) is 58.0 Å². The van der Waals surface area contributed by atoms with Crippen LogP contribution >= 0.6 is 0 Å². The van der Waals surface area contributed by atoms with Crippen LogP contribution in [-0.2, 0) is 12.0 Å². The molecule has 0 atom stereocenters. The minimum atomic E-state index is -0.435. The molecule has 1 aliphatic rings. The highest BCUT2D eigenvalue weighted by atomic mass is 16.5. The van der Waals surface area contributed by atoms with Gasteiger partial charge in [0.25, 0.3) is 0 Å². The molecular formula is C29H34O5. The van der Waals surface area contributed by atoms with Crippen molar-refractivity contribution < 1.29 is 24.4 Å². The van der Waals surface area contributed by atoms with Crippen LogP contribution in [0.5, 0.6) is 28.7 Å². The lowest BCUT2D eigenvalue weighted by atomic mass is 9.84. The number of ether oxygens (including phenoxy) is 3. The molecule has 0 radical (unpaired) electrons. The van der Waals surface area contributed by atoms with E-state index in [4.69, 9.17) is 14.2 Å². The van der Waals surface area contributed by atoms with Crippen molar-refractivity contribution in [1.82, 2.24) is 0 Å². The van der Waals surface area contributed by atoms with Crippen LogP contribution in [0.3, 0.4) is 0 Å². The maximum Gasteiger partial charge on any atom is 0.132 e. The molecule has 0 fully saturated rings. The SMILES string of the molecule is CCCCCc1cc(OCCOc2cc(O)cc(O)c2)c2c(c1)OC(C)(C)c1ccc(C)cc1-2. The van der Waals surface area contributed by atoms with Gasteiger partial charge in [-0.05, 0) is 56.9 Å². The molecule has 0 amide bonds. The molecule has 0 saturated carbocycles. The van der Waals surface area contributed by atoms with Crippen molar-refractivity contribution in [3.63, 3.8) is 0 Å². The van der Waals surface area contributed by atoms with Gasteiger partial charge in [-0.2, -0.15) is 0 Å². The number of unbranched alkanes of at least 4 members (excludes halogenated alkanes) is 2. The van der Waals surface area contributed by atoms with Gasteiger partial charge in [0, 0.05) is 23.8 Å². The fraction of sp³-hybridized carbons (Fsp3) is 0.379. The van der Waals surface area contributed by atoms with Crippen molar-refractivity contribution in [3.05, 3.63) is 65.2 Å². The molecule has 0 aliphatic carbocycles. The Morgan fingerprint density at radius 2 is 1.62 bits per heavy atom. The maximum absolute atomic E-state index is 9.65. The summed E-state index contributed by atoms with van der Waals surface area (Å²) < 4.78 is 18.5. The summed E-state index contributed by atoms with van der Waals surface area (Å²) in [5.74, 6) is 1.94. The molecule has 2 N–H and O–H groups in total. The molecule has 1 aliphatic heterocycles. The molecule has 0 aromatic heterocycles. The summed E-state index contributed by atoms with van der Waals surface area (Å²) in [5, 5.41) is 19.3. The monoisotopic (exact) mass is 462 g/mol. The fourth-order valence-electron chi connectivity index (χ4n) is 4.51. The smallest absolute Gasteiger partial charge is 0.132 e. The lowest BCUT2D eigenvalue weighted by molar-refractivity contribution is 0.105. The zero-order chi connectivity index (χ0) is 24.3. The summed E-state index contributed by atoms with van der Waals surface area (Å²) in [6.07, 6.45) is 4.46. The van der Waals surface area contributed by atoms with Gasteiger partial charge in [0.15, 0.2) is 0 Å². The molecule has 180 valence electrons. The van der Waals surface area contributed by atoms with Gasteiger partial charge in [-0.25, -0.2) is 0 Å². The Bertz CT molecular complexity index is 1150. The number of fused-ring (bicyclic) bond motifs is 3. The van der Waals surface area contributed by atoms with E-state index in [1.54, 1.807) is 0 Å². The van der Waals surface area contributed by atoms with E-state index in [-0.39, 0.29) is 18.1 Å². The molecule has 3 aromatic rings. The van der Waals surface area contributed by atoms with Gasteiger partial charge in [-0.1, -0.05) is 43.5 Å². The molecule has 4 rings (SSSR count). The zero-order valence-corrected chi connectivity index (χ0v) is 20.5. The standard InChI is InChI=1S/C29H34O5/c1-5-6-7-8-20-14-26(33-12-11-32-23-17-21(30)16-22(31)18-23)28-24-13-19(2)9-10-25(24)29(3,4)34-27(28)15-20/h9-10,13-18,30-31H,5-8,11-12H2,1-4H3. The van der Waals surface area contributed by atoms with Crippen molar-refractivity contribution in [3.8, 4) is 39.9 Å². The van der Waals surface area contributed by atoms with Crippen molar-refractivity contribution >= 4 is 0 Å². The summed E-state index contributed by atoms with van der Waals surface area (Å²) >= 11 is 0. The minimum Gasteiger partial charge on any atom is -0.508 e. The second kappa shape index (κ2) is 9.88. The number of aromatic hydroxyl groups is 2. The number of phenols is 2. The van der Waals surface area contributed by atoms with E-state index in [0.717, 1.165) is 41.0 Å². The molecule has 0 bridgehead atoms. The average Bonchev–Trinajstić information content (AvgIpc) is 2.75. The van der Waals surface area contributed by atoms with Crippen LogP contribution in [0.4, 0.5) is 0 Å². The van der Waals surface area contributed by atoms with Gasteiger partial charge in [-0.15, -0.1) is 0 Å². The predicted octanol–water partition coefficient (Wildman–Crippen LogP) is 6.89. The topological polar surface area (TPSA) is 68.2 Å². The van der Waals surface area contributed by atoms with Crippen LogP contribution in [0, 0.1) is 6.92 Å². The Morgan fingerprint density at radius 1 is 0.882 bits per heavy atom. The van der Waals surface area contributed by atoms with Crippen molar-refractivity contribution in [1.29, 1.82) is 0 Å². The van der Waals surface area contributed by atoms with E-state index in [9.17, 15) is 10.2 Å². The number of hydrogen-bond acceptors (Lipinski definition) is 5. The van der Waals surface area contributed by atoms with E-state index >= 15 is 0 Å². The van der Waals surface area contributed by atoms with Crippen LogP contribution in [-0.4, -0.2) is 23.4 Å². The zero-order valence-electron chi connectivity index (χ0n) is 20.5. The first-order valence-corrected chi connectivity index (χ1v) is 12.0. The van der Waals surface area contributed by atoms with E-state index in [0.29, 0.717) is 12.4 Å². The Morgan fingerprint density at radius 3 is 2.35 bits per heavy atom. The Kier molecular flexibility index (Phi) is 6.92. The number of phenolic OH excluding ortho intramolecular Hbond substituents is 2. The largest absolute Gasteiger partial charge is 0.508 e. The highest BCUT2D eigenvalue weighted by Gasteiger charge is 2.34. The lowest BCUT2D eigenvalue weighted by Gasteiger charge is -2.36. The van der Waals surface area contributed by atoms with Crippen LogP contribution in [0.25, 0.3) is 11.1 Å².